The van der Waals surface area contributed by atoms with Crippen molar-refractivity contribution >= 4 is 38.9 Å². The zero-order chi connectivity index (χ0) is 25.6. The molecule has 0 aromatic heterocycles. The lowest BCUT2D eigenvalue weighted by molar-refractivity contribution is -0.119. The van der Waals surface area contributed by atoms with E-state index in [0.717, 1.165) is 4.31 Å². The van der Waals surface area contributed by atoms with Gasteiger partial charge in [-0.1, -0.05) is 18.2 Å². The molecule has 9 nitrogen and oxygen atoms in total. The number of carbonyl (C=O) groups excluding carboxylic acids is 2. The maximum Gasteiger partial charge on any atom is 0.264 e. The largest absolute Gasteiger partial charge is 0.495 e. The van der Waals surface area contributed by atoms with Gasteiger partial charge in [0.15, 0.2) is 0 Å². The molecule has 35 heavy (non-hydrogen) atoms. The first-order chi connectivity index (χ1) is 16.7. The molecule has 0 aliphatic rings. The van der Waals surface area contributed by atoms with Crippen LogP contribution in [0.4, 0.5) is 17.1 Å². The van der Waals surface area contributed by atoms with Gasteiger partial charge in [0.2, 0.25) is 5.91 Å². The summed E-state index contributed by atoms with van der Waals surface area (Å²) in [5.74, 6) is -0.350. The first-order valence-corrected chi connectivity index (χ1v) is 12.0. The summed E-state index contributed by atoms with van der Waals surface area (Å²) in [7, 11) is 0.355. The van der Waals surface area contributed by atoms with E-state index in [4.69, 9.17) is 9.47 Å². The molecule has 0 atom stereocenters. The number of nitrogens with zero attached hydrogens (tertiary/aromatic N) is 1. The number of carbonyl (C=O) groups is 2. The number of amides is 2. The van der Waals surface area contributed by atoms with Crippen LogP contribution in [0.5, 0.6) is 5.75 Å². The van der Waals surface area contributed by atoms with Crippen LogP contribution in [0.2, 0.25) is 0 Å². The first kappa shape index (κ1) is 25.7. The number of hydrogen-bond donors (Lipinski definition) is 2. The molecular formula is C25H27N3O6S. The minimum Gasteiger partial charge on any atom is -0.495 e. The predicted octanol–water partition coefficient (Wildman–Crippen LogP) is 3.67. The third kappa shape index (κ3) is 5.97. The average Bonchev–Trinajstić information content (AvgIpc) is 2.85. The van der Waals surface area contributed by atoms with Crippen molar-refractivity contribution in [2.45, 2.75) is 11.8 Å². The normalized spacial score (nSPS) is 11.0. The number of sulfonamides is 1. The Kier molecular flexibility index (Phi) is 8.10. The monoisotopic (exact) mass is 497 g/mol. The summed E-state index contributed by atoms with van der Waals surface area (Å²) in [6.45, 7) is 1.66. The molecule has 0 aliphatic heterocycles. The summed E-state index contributed by atoms with van der Waals surface area (Å²) in [4.78, 5) is 24.6. The number of aryl methyl sites for hydroxylation is 1. The van der Waals surface area contributed by atoms with E-state index in [2.05, 4.69) is 10.6 Å². The van der Waals surface area contributed by atoms with Gasteiger partial charge in [-0.3, -0.25) is 13.9 Å². The minimum atomic E-state index is -3.97. The SMILES string of the molecule is COCC(=O)Nc1ccc(NC(=O)c2cc(S(=O)(=O)N(C)c3ccccc3OC)ccc2C)cc1. The summed E-state index contributed by atoms with van der Waals surface area (Å²) in [6.07, 6.45) is 0. The molecule has 0 bridgehead atoms. The lowest BCUT2D eigenvalue weighted by Crippen LogP contribution is -2.27. The van der Waals surface area contributed by atoms with Crippen LogP contribution in [-0.4, -0.2) is 48.1 Å². The molecule has 2 N–H and O–H groups in total. The average molecular weight is 498 g/mol. The smallest absolute Gasteiger partial charge is 0.264 e. The highest BCUT2D eigenvalue weighted by molar-refractivity contribution is 7.92. The van der Waals surface area contributed by atoms with E-state index >= 15 is 0 Å². The first-order valence-electron chi connectivity index (χ1n) is 10.6. The summed E-state index contributed by atoms with van der Waals surface area (Å²) in [5, 5.41) is 5.42. The quantitative estimate of drug-likeness (QED) is 0.466. The number of anilines is 3. The topological polar surface area (TPSA) is 114 Å². The van der Waals surface area contributed by atoms with E-state index in [1.807, 2.05) is 0 Å². The van der Waals surface area contributed by atoms with Crippen LogP contribution in [-0.2, 0) is 19.6 Å². The Morgan fingerprint density at radius 3 is 2.17 bits per heavy atom. The van der Waals surface area contributed by atoms with Gasteiger partial charge in [-0.15, -0.1) is 0 Å². The zero-order valence-electron chi connectivity index (χ0n) is 19.9. The zero-order valence-corrected chi connectivity index (χ0v) is 20.7. The van der Waals surface area contributed by atoms with E-state index in [9.17, 15) is 18.0 Å². The molecule has 3 rings (SSSR count). The number of rotatable bonds is 9. The Balaban J connectivity index is 1.82. The second-order valence-corrected chi connectivity index (χ2v) is 9.60. The molecular weight excluding hydrogens is 470 g/mol. The number of nitrogens with one attached hydrogen (secondary N) is 2. The summed E-state index contributed by atoms with van der Waals surface area (Å²) >= 11 is 0. The summed E-state index contributed by atoms with van der Waals surface area (Å²) in [6, 6.07) is 17.7. The fraction of sp³-hybridized carbons (Fsp3) is 0.200. The van der Waals surface area contributed by atoms with Crippen molar-refractivity contribution in [2.24, 2.45) is 0 Å². The molecule has 0 saturated carbocycles. The predicted molar refractivity (Wildman–Crippen MR) is 135 cm³/mol. The van der Waals surface area contributed by atoms with Gasteiger partial charge in [-0.25, -0.2) is 8.42 Å². The Labute approximate surface area is 204 Å². The van der Waals surface area contributed by atoms with Crippen molar-refractivity contribution in [1.82, 2.24) is 0 Å². The summed E-state index contributed by atoms with van der Waals surface area (Å²) < 4.78 is 37.8. The van der Waals surface area contributed by atoms with Gasteiger partial charge in [0.05, 0.1) is 17.7 Å². The van der Waals surface area contributed by atoms with Crippen molar-refractivity contribution < 1.29 is 27.5 Å². The minimum absolute atomic E-state index is 0.0298. The highest BCUT2D eigenvalue weighted by Crippen LogP contribution is 2.31. The van der Waals surface area contributed by atoms with Crippen LogP contribution in [0.3, 0.4) is 0 Å². The van der Waals surface area contributed by atoms with Crippen molar-refractivity contribution in [3.8, 4) is 5.75 Å². The van der Waals surface area contributed by atoms with E-state index in [0.29, 0.717) is 28.4 Å². The van der Waals surface area contributed by atoms with Crippen molar-refractivity contribution in [1.29, 1.82) is 0 Å². The number of hydrogen-bond acceptors (Lipinski definition) is 6. The molecule has 0 unspecified atom stereocenters. The molecule has 10 heteroatoms. The molecule has 2 amide bonds. The maximum absolute atomic E-state index is 13.3. The molecule has 0 saturated heterocycles. The van der Waals surface area contributed by atoms with Crippen molar-refractivity contribution in [3.63, 3.8) is 0 Å². The molecule has 0 spiro atoms. The molecule has 0 radical (unpaired) electrons. The van der Waals surface area contributed by atoms with Gasteiger partial charge in [0.25, 0.3) is 15.9 Å². The number of benzene rings is 3. The second kappa shape index (κ2) is 11.0. The third-order valence-corrected chi connectivity index (χ3v) is 7.01. The van der Waals surface area contributed by atoms with Crippen LogP contribution in [0.1, 0.15) is 15.9 Å². The molecule has 3 aromatic rings. The molecule has 0 heterocycles. The Hall–Kier alpha value is -3.89. The van der Waals surface area contributed by atoms with Gasteiger partial charge < -0.3 is 20.1 Å². The fourth-order valence-electron chi connectivity index (χ4n) is 3.35. The highest BCUT2D eigenvalue weighted by atomic mass is 32.2. The molecule has 184 valence electrons. The van der Waals surface area contributed by atoms with E-state index in [1.165, 1.54) is 33.4 Å². The van der Waals surface area contributed by atoms with Gasteiger partial charge in [-0.2, -0.15) is 0 Å². The number of para-hydroxylation sites is 2. The second-order valence-electron chi connectivity index (χ2n) is 7.63. The third-order valence-electron chi connectivity index (χ3n) is 5.24. The fourth-order valence-corrected chi connectivity index (χ4v) is 4.58. The van der Waals surface area contributed by atoms with Gasteiger partial charge in [0.1, 0.15) is 12.4 Å². The van der Waals surface area contributed by atoms with Crippen LogP contribution >= 0.6 is 0 Å². The van der Waals surface area contributed by atoms with Crippen LogP contribution in [0, 0.1) is 6.92 Å². The number of methoxy groups -OCH3 is 2. The van der Waals surface area contributed by atoms with Crippen LogP contribution in [0.25, 0.3) is 0 Å². The van der Waals surface area contributed by atoms with E-state index < -0.39 is 15.9 Å². The van der Waals surface area contributed by atoms with E-state index in [-0.39, 0.29) is 23.0 Å². The Bertz CT molecular complexity index is 1320. The van der Waals surface area contributed by atoms with Crippen LogP contribution < -0.4 is 19.7 Å². The van der Waals surface area contributed by atoms with Crippen molar-refractivity contribution in [2.75, 3.05) is 42.8 Å². The standard InChI is InChI=1S/C25H27N3O6S/c1-17-9-14-20(35(31,32)28(2)22-7-5-6-8-23(22)34-4)15-21(17)25(30)27-19-12-10-18(11-13-19)26-24(29)16-33-3/h5-15H,16H2,1-4H3,(H,26,29)(H,27,30). The Morgan fingerprint density at radius 2 is 1.54 bits per heavy atom. The summed E-state index contributed by atoms with van der Waals surface area (Å²) in [5.41, 5.74) is 2.24. The lowest BCUT2D eigenvalue weighted by atomic mass is 10.1. The van der Waals surface area contributed by atoms with Gasteiger partial charge in [0, 0.05) is 31.1 Å². The molecule has 0 fully saturated rings. The Morgan fingerprint density at radius 1 is 0.914 bits per heavy atom. The molecule has 3 aromatic carbocycles. The number of ether oxygens (including phenoxy) is 2. The van der Waals surface area contributed by atoms with Crippen molar-refractivity contribution in [3.05, 3.63) is 77.9 Å². The lowest BCUT2D eigenvalue weighted by Gasteiger charge is -2.22. The maximum atomic E-state index is 13.3. The van der Waals surface area contributed by atoms with Gasteiger partial charge >= 0.3 is 0 Å². The van der Waals surface area contributed by atoms with Gasteiger partial charge in [-0.05, 0) is 61.0 Å². The van der Waals surface area contributed by atoms with E-state index in [1.54, 1.807) is 61.5 Å². The van der Waals surface area contributed by atoms with Crippen LogP contribution in [0.15, 0.2) is 71.6 Å². The highest BCUT2D eigenvalue weighted by Gasteiger charge is 2.25. The molecule has 0 aliphatic carbocycles.